The van der Waals surface area contributed by atoms with Gasteiger partial charge in [0.1, 0.15) is 0 Å². The van der Waals surface area contributed by atoms with E-state index >= 15 is 0 Å². The zero-order chi connectivity index (χ0) is 14.0. The molecular formula is C13H17BrN2O2S. The Morgan fingerprint density at radius 1 is 1.26 bits per heavy atom. The minimum atomic E-state index is -2.96. The van der Waals surface area contributed by atoms with Crippen LogP contribution in [0.2, 0.25) is 0 Å². The monoisotopic (exact) mass is 344 g/mol. The summed E-state index contributed by atoms with van der Waals surface area (Å²) in [4.78, 5) is 6.40. The van der Waals surface area contributed by atoms with Gasteiger partial charge in [0.05, 0.1) is 17.5 Å². The van der Waals surface area contributed by atoms with Crippen LogP contribution in [0.3, 0.4) is 0 Å². The van der Waals surface area contributed by atoms with Gasteiger partial charge < -0.3 is 4.90 Å². The summed E-state index contributed by atoms with van der Waals surface area (Å²) < 4.78 is 24.4. The van der Waals surface area contributed by atoms with Gasteiger partial charge in [-0.3, -0.25) is 4.99 Å². The van der Waals surface area contributed by atoms with Crippen molar-refractivity contribution in [3.8, 4) is 0 Å². The second-order valence-electron chi connectivity index (χ2n) is 5.00. The Bertz CT molecular complexity index is 567. The highest BCUT2D eigenvalue weighted by Crippen LogP contribution is 2.19. The number of hydrogen-bond donors (Lipinski definition) is 0. The van der Waals surface area contributed by atoms with Crippen molar-refractivity contribution < 1.29 is 8.42 Å². The van der Waals surface area contributed by atoms with Crippen molar-refractivity contribution in [3.63, 3.8) is 0 Å². The summed E-state index contributed by atoms with van der Waals surface area (Å²) in [5.74, 6) is 0.339. The fourth-order valence-corrected chi connectivity index (χ4v) is 4.45. The Morgan fingerprint density at radius 2 is 1.89 bits per heavy atom. The zero-order valence-electron chi connectivity index (χ0n) is 11.0. The maximum absolute atomic E-state index is 11.7. The second kappa shape index (κ2) is 5.73. The molecule has 0 aromatic heterocycles. The van der Waals surface area contributed by atoms with Crippen LogP contribution >= 0.6 is 15.9 Å². The molecule has 1 aromatic carbocycles. The van der Waals surface area contributed by atoms with Gasteiger partial charge in [-0.25, -0.2) is 8.42 Å². The van der Waals surface area contributed by atoms with Crippen molar-refractivity contribution in [1.82, 2.24) is 4.90 Å². The number of benzene rings is 1. The van der Waals surface area contributed by atoms with Gasteiger partial charge in [-0.1, -0.05) is 28.1 Å². The molecule has 1 aliphatic rings. The third kappa shape index (κ3) is 3.87. The number of likely N-dealkylation sites (N-methyl/N-ethyl adjacent to an activating group) is 1. The van der Waals surface area contributed by atoms with E-state index in [1.807, 2.05) is 43.3 Å². The Hall–Kier alpha value is -0.720. The first kappa shape index (κ1) is 14.7. The fraction of sp³-hybridized carbons (Fsp3) is 0.462. The third-order valence-electron chi connectivity index (χ3n) is 3.24. The van der Waals surface area contributed by atoms with E-state index in [2.05, 4.69) is 20.9 Å². The standard InChI is InChI=1S/C13H17BrN2O2S/c1-16(2)13-9-19(17,18)8-12(13)15-7-10-3-5-11(14)6-4-10/h3-7,12-13H,8-9H2,1-2H3/t12-,13+/m0/s1. The Labute approximate surface area is 122 Å². The van der Waals surface area contributed by atoms with E-state index in [9.17, 15) is 8.42 Å². The van der Waals surface area contributed by atoms with Gasteiger partial charge in [-0.2, -0.15) is 0 Å². The molecule has 0 radical (unpaired) electrons. The lowest BCUT2D eigenvalue weighted by molar-refractivity contribution is 0.297. The molecule has 1 saturated heterocycles. The van der Waals surface area contributed by atoms with Crippen molar-refractivity contribution in [1.29, 1.82) is 0 Å². The molecule has 1 aromatic rings. The summed E-state index contributed by atoms with van der Waals surface area (Å²) in [6.45, 7) is 0. The summed E-state index contributed by atoms with van der Waals surface area (Å²) in [5, 5.41) is 0. The average molecular weight is 345 g/mol. The number of nitrogens with zero attached hydrogens (tertiary/aromatic N) is 2. The molecule has 19 heavy (non-hydrogen) atoms. The molecular weight excluding hydrogens is 328 g/mol. The third-order valence-corrected chi connectivity index (χ3v) is 5.47. The summed E-state index contributed by atoms with van der Waals surface area (Å²) in [7, 11) is 0.829. The number of hydrogen-bond acceptors (Lipinski definition) is 4. The van der Waals surface area contributed by atoms with Crippen molar-refractivity contribution >= 4 is 32.0 Å². The van der Waals surface area contributed by atoms with Gasteiger partial charge in [0.15, 0.2) is 9.84 Å². The molecule has 2 atom stereocenters. The van der Waals surface area contributed by atoms with E-state index in [1.165, 1.54) is 0 Å². The molecule has 6 heteroatoms. The van der Waals surface area contributed by atoms with Crippen LogP contribution in [0.1, 0.15) is 5.56 Å². The molecule has 0 amide bonds. The summed E-state index contributed by atoms with van der Waals surface area (Å²) in [5.41, 5.74) is 0.977. The number of halogens is 1. The van der Waals surface area contributed by atoms with Gasteiger partial charge in [0.2, 0.25) is 0 Å². The lowest BCUT2D eigenvalue weighted by Gasteiger charge is -2.21. The van der Waals surface area contributed by atoms with E-state index in [0.29, 0.717) is 0 Å². The van der Waals surface area contributed by atoms with Crippen LogP contribution in [0, 0.1) is 0 Å². The predicted molar refractivity (Wildman–Crippen MR) is 81.7 cm³/mol. The maximum Gasteiger partial charge on any atom is 0.154 e. The van der Waals surface area contributed by atoms with E-state index in [0.717, 1.165) is 10.0 Å². The highest BCUT2D eigenvalue weighted by molar-refractivity contribution is 9.10. The van der Waals surface area contributed by atoms with Crippen LogP contribution in [0.4, 0.5) is 0 Å². The molecule has 0 unspecified atom stereocenters. The number of aliphatic imine (C=N–C) groups is 1. The van der Waals surface area contributed by atoms with Crippen molar-refractivity contribution in [2.75, 3.05) is 25.6 Å². The minimum absolute atomic E-state index is 0.0308. The fourth-order valence-electron chi connectivity index (χ4n) is 2.18. The normalized spacial score (nSPS) is 26.3. The maximum atomic E-state index is 11.7. The topological polar surface area (TPSA) is 49.7 Å². The zero-order valence-corrected chi connectivity index (χ0v) is 13.4. The van der Waals surface area contributed by atoms with E-state index in [1.54, 1.807) is 6.21 Å². The highest BCUT2D eigenvalue weighted by Gasteiger charge is 2.38. The minimum Gasteiger partial charge on any atom is -0.303 e. The second-order valence-corrected chi connectivity index (χ2v) is 8.07. The predicted octanol–water partition coefficient (Wildman–Crippen LogP) is 1.60. The van der Waals surface area contributed by atoms with Crippen molar-refractivity contribution in [2.24, 2.45) is 4.99 Å². The Kier molecular flexibility index (Phi) is 4.43. The summed E-state index contributed by atoms with van der Waals surface area (Å²) >= 11 is 3.38. The molecule has 1 heterocycles. The molecule has 0 saturated carbocycles. The Morgan fingerprint density at radius 3 is 2.47 bits per heavy atom. The van der Waals surface area contributed by atoms with Gasteiger partial charge in [0, 0.05) is 16.7 Å². The van der Waals surface area contributed by atoms with E-state index in [-0.39, 0.29) is 23.6 Å². The molecule has 0 bridgehead atoms. The molecule has 1 fully saturated rings. The largest absolute Gasteiger partial charge is 0.303 e. The average Bonchev–Trinajstić information content (AvgIpc) is 2.64. The van der Waals surface area contributed by atoms with Crippen LogP contribution in [-0.2, 0) is 9.84 Å². The number of sulfone groups is 1. The molecule has 0 spiro atoms. The van der Waals surface area contributed by atoms with Crippen molar-refractivity contribution in [2.45, 2.75) is 12.1 Å². The smallest absolute Gasteiger partial charge is 0.154 e. The quantitative estimate of drug-likeness (QED) is 0.782. The van der Waals surface area contributed by atoms with Gasteiger partial charge in [0.25, 0.3) is 0 Å². The summed E-state index contributed by atoms with van der Waals surface area (Å²) in [6, 6.07) is 7.57. The van der Waals surface area contributed by atoms with Crippen LogP contribution < -0.4 is 0 Å². The van der Waals surface area contributed by atoms with Crippen LogP contribution in [0.25, 0.3) is 0 Å². The summed E-state index contributed by atoms with van der Waals surface area (Å²) in [6.07, 6.45) is 1.76. The van der Waals surface area contributed by atoms with Gasteiger partial charge in [-0.15, -0.1) is 0 Å². The first-order valence-corrected chi connectivity index (χ1v) is 8.64. The molecule has 1 aliphatic heterocycles. The highest BCUT2D eigenvalue weighted by atomic mass is 79.9. The van der Waals surface area contributed by atoms with E-state index in [4.69, 9.17) is 0 Å². The SMILES string of the molecule is CN(C)[C@@H]1CS(=O)(=O)C[C@@H]1N=Cc1ccc(Br)cc1. The van der Waals surface area contributed by atoms with Crippen molar-refractivity contribution in [3.05, 3.63) is 34.3 Å². The van der Waals surface area contributed by atoms with Gasteiger partial charge >= 0.3 is 0 Å². The molecule has 0 aliphatic carbocycles. The van der Waals surface area contributed by atoms with Gasteiger partial charge in [-0.05, 0) is 31.8 Å². The molecule has 0 N–H and O–H groups in total. The lowest BCUT2D eigenvalue weighted by Crippen LogP contribution is -2.37. The molecule has 2 rings (SSSR count). The van der Waals surface area contributed by atoms with Crippen LogP contribution in [0.15, 0.2) is 33.7 Å². The first-order chi connectivity index (χ1) is 8.87. The van der Waals surface area contributed by atoms with Crippen LogP contribution in [-0.4, -0.2) is 57.2 Å². The first-order valence-electron chi connectivity index (χ1n) is 6.03. The Balaban J connectivity index is 2.15. The molecule has 104 valence electrons. The number of rotatable bonds is 3. The lowest BCUT2D eigenvalue weighted by atomic mass is 10.1. The van der Waals surface area contributed by atoms with E-state index < -0.39 is 9.84 Å². The van der Waals surface area contributed by atoms with Crippen LogP contribution in [0.5, 0.6) is 0 Å². The molecule has 4 nitrogen and oxygen atoms in total.